The van der Waals surface area contributed by atoms with E-state index in [1.807, 2.05) is 6.08 Å². The zero-order valence-electron chi connectivity index (χ0n) is 7.00. The Kier molecular flexibility index (Phi) is 4.74. The maximum atomic E-state index is 5.66. The summed E-state index contributed by atoms with van der Waals surface area (Å²) in [6.45, 7) is 6.87. The van der Waals surface area contributed by atoms with E-state index >= 15 is 0 Å². The Morgan fingerprint density at radius 1 is 1.09 bits per heavy atom. The summed E-state index contributed by atoms with van der Waals surface area (Å²) < 4.78 is 0. The molecule has 0 amide bonds. The zero-order chi connectivity index (χ0) is 9.12. The SMILES string of the molecule is C[Si](C)(C)C/C=C/[Si](Cl)(Cl)Cl. The Morgan fingerprint density at radius 2 is 1.55 bits per heavy atom. The monoisotopic (exact) mass is 246 g/mol. The summed E-state index contributed by atoms with van der Waals surface area (Å²) in [6.07, 6.45) is 2.02. The molecule has 0 saturated heterocycles. The average Bonchev–Trinajstić information content (AvgIpc) is 1.55. The lowest BCUT2D eigenvalue weighted by atomic mass is 10.8. The molecule has 0 aromatic rings. The number of hydrogen-bond acceptors (Lipinski definition) is 0. The van der Waals surface area contributed by atoms with E-state index in [0.29, 0.717) is 0 Å². The maximum absolute atomic E-state index is 5.66. The van der Waals surface area contributed by atoms with Gasteiger partial charge in [-0.1, -0.05) is 31.4 Å². The van der Waals surface area contributed by atoms with Crippen molar-refractivity contribution in [1.29, 1.82) is 0 Å². The van der Waals surface area contributed by atoms with Gasteiger partial charge in [0.2, 0.25) is 0 Å². The smallest absolute Gasteiger partial charge is 0.121 e. The fraction of sp³-hybridized carbons (Fsp3) is 0.667. The Hall–Kier alpha value is 1.04. The van der Waals surface area contributed by atoms with Gasteiger partial charge in [0.05, 0.1) is 0 Å². The van der Waals surface area contributed by atoms with Crippen LogP contribution in [-0.4, -0.2) is 14.1 Å². The molecule has 0 rings (SSSR count). The van der Waals surface area contributed by atoms with E-state index in [4.69, 9.17) is 33.2 Å². The van der Waals surface area contributed by atoms with Crippen molar-refractivity contribution in [3.8, 4) is 0 Å². The lowest BCUT2D eigenvalue weighted by Crippen LogP contribution is -2.18. The fourth-order valence-corrected chi connectivity index (χ4v) is 2.79. The van der Waals surface area contributed by atoms with Gasteiger partial charge >= 0.3 is 6.00 Å². The second kappa shape index (κ2) is 4.33. The third-order valence-corrected chi connectivity index (χ3v) is 4.25. The molecule has 0 atom stereocenters. The Balaban J connectivity index is 3.80. The van der Waals surface area contributed by atoms with Crippen LogP contribution in [0.25, 0.3) is 0 Å². The minimum absolute atomic E-state index is 0.997. The predicted molar refractivity (Wildman–Crippen MR) is 60.6 cm³/mol. The summed E-state index contributed by atoms with van der Waals surface area (Å²) >= 11 is 17.0. The molecule has 66 valence electrons. The van der Waals surface area contributed by atoms with Gasteiger partial charge in [-0.15, -0.1) is 33.2 Å². The largest absolute Gasteiger partial charge is 0.365 e. The van der Waals surface area contributed by atoms with Gasteiger partial charge in [-0.2, -0.15) is 0 Å². The molecule has 0 aliphatic heterocycles. The second-order valence-electron chi connectivity index (χ2n) is 3.71. The highest BCUT2D eigenvalue weighted by Crippen LogP contribution is 2.22. The number of rotatable bonds is 3. The van der Waals surface area contributed by atoms with Crippen molar-refractivity contribution in [3.05, 3.63) is 11.8 Å². The van der Waals surface area contributed by atoms with Crippen LogP contribution in [0.4, 0.5) is 0 Å². The summed E-state index contributed by atoms with van der Waals surface area (Å²) in [6, 6.07) is -1.41. The highest BCUT2D eigenvalue weighted by molar-refractivity contribution is 7.66. The first-order chi connectivity index (χ1) is 4.71. The van der Waals surface area contributed by atoms with Gasteiger partial charge in [0.15, 0.2) is 0 Å². The third-order valence-electron chi connectivity index (χ3n) is 1.04. The summed E-state index contributed by atoms with van der Waals surface area (Å²) in [5, 5.41) is 0. The van der Waals surface area contributed by atoms with Crippen LogP contribution in [0.1, 0.15) is 0 Å². The van der Waals surface area contributed by atoms with E-state index in [9.17, 15) is 0 Å². The van der Waals surface area contributed by atoms with Gasteiger partial charge in [-0.25, -0.2) is 0 Å². The molecular weight excluding hydrogens is 235 g/mol. The lowest BCUT2D eigenvalue weighted by molar-refractivity contribution is 1.52. The predicted octanol–water partition coefficient (Wildman–Crippen LogP) is 4.08. The molecule has 0 fully saturated rings. The first kappa shape index (κ1) is 12.0. The lowest BCUT2D eigenvalue weighted by Gasteiger charge is -2.12. The fourth-order valence-electron chi connectivity index (χ4n) is 0.546. The molecule has 0 radical (unpaired) electrons. The number of halogens is 3. The van der Waals surface area contributed by atoms with Gasteiger partial charge in [0, 0.05) is 8.07 Å². The van der Waals surface area contributed by atoms with E-state index in [-0.39, 0.29) is 0 Å². The van der Waals surface area contributed by atoms with Crippen molar-refractivity contribution in [3.63, 3.8) is 0 Å². The normalized spacial score (nSPS) is 14.4. The van der Waals surface area contributed by atoms with Crippen molar-refractivity contribution in [2.24, 2.45) is 0 Å². The van der Waals surface area contributed by atoms with Crippen molar-refractivity contribution < 1.29 is 0 Å². The molecule has 5 heteroatoms. The molecule has 0 heterocycles. The average molecular weight is 248 g/mol. The van der Waals surface area contributed by atoms with Crippen LogP contribution < -0.4 is 0 Å². The Bertz CT molecular complexity index is 143. The highest BCUT2D eigenvalue weighted by Gasteiger charge is 2.20. The number of allylic oxidation sites excluding steroid dienone is 1. The summed E-state index contributed by atoms with van der Waals surface area (Å²) in [5.74, 6) is 0. The van der Waals surface area contributed by atoms with E-state index in [2.05, 4.69) is 19.6 Å². The Morgan fingerprint density at radius 3 is 1.82 bits per heavy atom. The Labute approximate surface area is 84.7 Å². The summed E-state index contributed by atoms with van der Waals surface area (Å²) in [4.78, 5) is 0. The minimum atomic E-state index is -2.50. The molecule has 0 aromatic carbocycles. The number of hydrogen-bond donors (Lipinski definition) is 0. The van der Waals surface area contributed by atoms with E-state index in [1.54, 1.807) is 5.70 Å². The molecule has 0 unspecified atom stereocenters. The molecule has 0 aliphatic carbocycles. The van der Waals surface area contributed by atoms with Crippen molar-refractivity contribution in [1.82, 2.24) is 0 Å². The van der Waals surface area contributed by atoms with E-state index in [0.717, 1.165) is 6.04 Å². The van der Waals surface area contributed by atoms with Gasteiger partial charge in [-0.3, -0.25) is 0 Å². The summed E-state index contributed by atoms with van der Waals surface area (Å²) in [5.41, 5.74) is 1.76. The van der Waals surface area contributed by atoms with Gasteiger partial charge in [0.25, 0.3) is 0 Å². The first-order valence-corrected chi connectivity index (χ1v) is 12.3. The molecule has 0 aliphatic rings. The molecule has 0 spiro atoms. The standard InChI is InChI=1S/C6H13Cl3Si2/c1-10(2,3)5-4-6-11(7,8)9/h4,6H,5H2,1-3H3/b6-4+. The van der Waals surface area contributed by atoms with Gasteiger partial charge in [0.1, 0.15) is 0 Å². The molecule has 0 nitrogen and oxygen atoms in total. The quantitative estimate of drug-likeness (QED) is 0.521. The summed E-state index contributed by atoms with van der Waals surface area (Å²) in [7, 11) is -0.997. The van der Waals surface area contributed by atoms with Crippen LogP contribution in [0, 0.1) is 0 Å². The first-order valence-electron chi connectivity index (χ1n) is 3.45. The molecule has 0 N–H and O–H groups in total. The van der Waals surface area contributed by atoms with Crippen molar-refractivity contribution in [2.75, 3.05) is 0 Å². The van der Waals surface area contributed by atoms with Crippen LogP contribution in [0.2, 0.25) is 25.7 Å². The maximum Gasteiger partial charge on any atom is 0.365 e. The van der Waals surface area contributed by atoms with E-state index in [1.165, 1.54) is 0 Å². The highest BCUT2D eigenvalue weighted by atomic mass is 35.8. The molecule has 0 bridgehead atoms. The molecule has 0 saturated carbocycles. The van der Waals surface area contributed by atoms with Crippen LogP contribution in [0.15, 0.2) is 11.8 Å². The minimum Gasteiger partial charge on any atom is -0.121 e. The van der Waals surface area contributed by atoms with Crippen molar-refractivity contribution in [2.45, 2.75) is 25.7 Å². The van der Waals surface area contributed by atoms with Gasteiger partial charge < -0.3 is 0 Å². The third kappa shape index (κ3) is 11.0. The van der Waals surface area contributed by atoms with Crippen LogP contribution in [0.5, 0.6) is 0 Å². The van der Waals surface area contributed by atoms with Crippen LogP contribution in [-0.2, 0) is 0 Å². The second-order valence-corrected chi connectivity index (χ2v) is 17.8. The molecular formula is C6H13Cl3Si2. The van der Waals surface area contributed by atoms with Gasteiger partial charge in [-0.05, 0) is 6.04 Å². The van der Waals surface area contributed by atoms with Crippen LogP contribution >= 0.6 is 33.2 Å². The zero-order valence-corrected chi connectivity index (χ0v) is 11.3. The van der Waals surface area contributed by atoms with E-state index < -0.39 is 14.1 Å². The molecule has 0 aromatic heterocycles. The molecule has 11 heavy (non-hydrogen) atoms. The topological polar surface area (TPSA) is 0 Å². The van der Waals surface area contributed by atoms with Crippen LogP contribution in [0.3, 0.4) is 0 Å². The van der Waals surface area contributed by atoms with Crippen molar-refractivity contribution >= 4 is 47.3 Å².